The number of esters is 3. The van der Waals surface area contributed by atoms with Gasteiger partial charge in [-0.25, -0.2) is 0 Å². The number of benzene rings is 2. The van der Waals surface area contributed by atoms with Gasteiger partial charge in [0.1, 0.15) is 11.5 Å². The van der Waals surface area contributed by atoms with E-state index >= 15 is 0 Å². The van der Waals surface area contributed by atoms with Crippen LogP contribution in [0, 0.1) is 0 Å². The van der Waals surface area contributed by atoms with Crippen molar-refractivity contribution in [1.29, 1.82) is 0 Å². The lowest BCUT2D eigenvalue weighted by Crippen LogP contribution is -2.21. The number of hydrogen-bond acceptors (Lipinski definition) is 8. The molecule has 0 aliphatic heterocycles. The van der Waals surface area contributed by atoms with Crippen molar-refractivity contribution in [2.24, 2.45) is 0 Å². The molecule has 0 saturated heterocycles. The van der Waals surface area contributed by atoms with E-state index in [0.29, 0.717) is 11.1 Å². The van der Waals surface area contributed by atoms with Crippen molar-refractivity contribution in [2.75, 3.05) is 0 Å². The molecule has 0 atom stereocenters. The molecule has 32 heavy (non-hydrogen) atoms. The largest absolute Gasteiger partial charge is 0.427 e. The molecule has 1 aliphatic carbocycles. The van der Waals surface area contributed by atoms with Crippen LogP contribution in [0.5, 0.6) is 11.5 Å². The Morgan fingerprint density at radius 3 is 1.50 bits per heavy atom. The Labute approximate surface area is 183 Å². The second-order valence-electron chi connectivity index (χ2n) is 6.79. The predicted molar refractivity (Wildman–Crippen MR) is 112 cm³/mol. The van der Waals surface area contributed by atoms with E-state index in [-0.39, 0.29) is 22.6 Å². The van der Waals surface area contributed by atoms with Gasteiger partial charge in [0.25, 0.3) is 0 Å². The standard InChI is InChI=1S/C24H18O8/c1-13(25)30-18-8-4-16(5-9-18)20-12-21(28)22(24(23(20)29)32-15(3)27)17-6-10-19(11-7-17)31-14(2)26/h4-12H,1-3H3. The van der Waals surface area contributed by atoms with Gasteiger partial charge >= 0.3 is 17.9 Å². The molecule has 0 unspecified atom stereocenters. The van der Waals surface area contributed by atoms with Gasteiger partial charge in [-0.3, -0.25) is 24.0 Å². The average molecular weight is 434 g/mol. The number of allylic oxidation sites excluding steroid dienone is 3. The first-order valence-electron chi connectivity index (χ1n) is 9.47. The molecule has 0 N–H and O–H groups in total. The van der Waals surface area contributed by atoms with E-state index in [1.54, 1.807) is 0 Å². The molecular formula is C24H18O8. The number of carbonyl (C=O) groups excluding carboxylic acids is 5. The maximum absolute atomic E-state index is 13.2. The smallest absolute Gasteiger partial charge is 0.308 e. The maximum atomic E-state index is 13.2. The van der Waals surface area contributed by atoms with Gasteiger partial charge in [0.15, 0.2) is 11.5 Å². The van der Waals surface area contributed by atoms with Crippen molar-refractivity contribution in [3.05, 3.63) is 71.5 Å². The molecular weight excluding hydrogens is 416 g/mol. The first-order chi connectivity index (χ1) is 15.2. The van der Waals surface area contributed by atoms with E-state index in [2.05, 4.69) is 0 Å². The normalized spacial score (nSPS) is 13.4. The fourth-order valence-corrected chi connectivity index (χ4v) is 3.07. The van der Waals surface area contributed by atoms with Gasteiger partial charge in [0.05, 0.1) is 5.57 Å². The highest BCUT2D eigenvalue weighted by atomic mass is 16.5. The van der Waals surface area contributed by atoms with Crippen LogP contribution in [0.4, 0.5) is 0 Å². The summed E-state index contributed by atoms with van der Waals surface area (Å²) >= 11 is 0. The van der Waals surface area contributed by atoms with Crippen LogP contribution in [0.1, 0.15) is 31.9 Å². The highest BCUT2D eigenvalue weighted by molar-refractivity contribution is 6.45. The lowest BCUT2D eigenvalue weighted by Gasteiger charge is -2.19. The van der Waals surface area contributed by atoms with Crippen LogP contribution in [-0.2, 0) is 28.7 Å². The number of Topliss-reactive ketones (excluding diaryl/α,β-unsaturated/α-hetero) is 1. The second-order valence-corrected chi connectivity index (χ2v) is 6.79. The van der Waals surface area contributed by atoms with E-state index in [9.17, 15) is 24.0 Å². The molecule has 162 valence electrons. The van der Waals surface area contributed by atoms with Crippen LogP contribution in [-0.4, -0.2) is 29.5 Å². The van der Waals surface area contributed by atoms with Gasteiger partial charge in [0.2, 0.25) is 5.78 Å². The van der Waals surface area contributed by atoms with Gasteiger partial charge in [-0.1, -0.05) is 24.3 Å². The summed E-state index contributed by atoms with van der Waals surface area (Å²) in [6.45, 7) is 3.64. The topological polar surface area (TPSA) is 113 Å². The Kier molecular flexibility index (Phi) is 6.44. The van der Waals surface area contributed by atoms with Crippen LogP contribution < -0.4 is 9.47 Å². The highest BCUT2D eigenvalue weighted by Crippen LogP contribution is 2.33. The summed E-state index contributed by atoms with van der Waals surface area (Å²) < 4.78 is 15.1. The molecule has 0 spiro atoms. The van der Waals surface area contributed by atoms with Crippen LogP contribution >= 0.6 is 0 Å². The molecule has 0 aromatic heterocycles. The molecule has 0 heterocycles. The molecule has 1 aliphatic rings. The fourth-order valence-electron chi connectivity index (χ4n) is 3.07. The van der Waals surface area contributed by atoms with Gasteiger partial charge in [-0.2, -0.15) is 0 Å². The number of rotatable bonds is 5. The third kappa shape index (κ3) is 5.04. The van der Waals surface area contributed by atoms with Crippen molar-refractivity contribution >= 4 is 40.6 Å². The molecule has 2 aromatic carbocycles. The minimum Gasteiger partial charge on any atom is -0.427 e. The Morgan fingerprint density at radius 1 is 0.625 bits per heavy atom. The first kappa shape index (κ1) is 22.4. The fraction of sp³-hybridized carbons (Fsp3) is 0.125. The third-order valence-corrected chi connectivity index (χ3v) is 4.28. The summed E-state index contributed by atoms with van der Waals surface area (Å²) in [7, 11) is 0. The third-order valence-electron chi connectivity index (χ3n) is 4.28. The summed E-state index contributed by atoms with van der Waals surface area (Å²) in [5, 5.41) is 0. The van der Waals surface area contributed by atoms with Gasteiger partial charge in [-0.05, 0) is 41.5 Å². The van der Waals surface area contributed by atoms with Crippen LogP contribution in [0.2, 0.25) is 0 Å². The van der Waals surface area contributed by atoms with Crippen LogP contribution in [0.3, 0.4) is 0 Å². The summed E-state index contributed by atoms with van der Waals surface area (Å²) in [6.07, 6.45) is 1.16. The number of ketones is 2. The Hall–Kier alpha value is -4.33. The van der Waals surface area contributed by atoms with Gasteiger partial charge in [0, 0.05) is 26.3 Å². The lowest BCUT2D eigenvalue weighted by atomic mass is 9.87. The van der Waals surface area contributed by atoms with Crippen LogP contribution in [0.15, 0.2) is 60.4 Å². The SMILES string of the molecule is CC(=O)OC1=C(c2ccc(OC(C)=O)cc2)C(=O)C=C(c2ccc(OC(C)=O)cc2)C1=O. The lowest BCUT2D eigenvalue weighted by molar-refractivity contribution is -0.139. The zero-order valence-corrected chi connectivity index (χ0v) is 17.5. The first-order valence-corrected chi connectivity index (χ1v) is 9.47. The Morgan fingerprint density at radius 2 is 1.06 bits per heavy atom. The zero-order valence-electron chi connectivity index (χ0n) is 17.5. The molecule has 0 amide bonds. The Balaban J connectivity index is 2.00. The quantitative estimate of drug-likeness (QED) is 0.401. The summed E-state index contributed by atoms with van der Waals surface area (Å²) in [5.41, 5.74) is 0.643. The monoisotopic (exact) mass is 434 g/mol. The molecule has 0 fully saturated rings. The molecule has 2 aromatic rings. The van der Waals surface area contributed by atoms with Crippen molar-refractivity contribution in [3.63, 3.8) is 0 Å². The minimum absolute atomic E-state index is 0.0286. The number of ether oxygens (including phenoxy) is 3. The molecule has 8 nitrogen and oxygen atoms in total. The van der Waals surface area contributed by atoms with E-state index in [0.717, 1.165) is 13.0 Å². The van der Waals surface area contributed by atoms with E-state index < -0.39 is 35.2 Å². The summed E-state index contributed by atoms with van der Waals surface area (Å²) in [6, 6.07) is 11.9. The van der Waals surface area contributed by atoms with E-state index in [1.165, 1.54) is 62.4 Å². The molecule has 0 bridgehead atoms. The molecule has 0 radical (unpaired) electrons. The number of carbonyl (C=O) groups is 5. The molecule has 0 saturated carbocycles. The summed E-state index contributed by atoms with van der Waals surface area (Å²) in [4.78, 5) is 59.9. The minimum atomic E-state index is -0.762. The van der Waals surface area contributed by atoms with Crippen molar-refractivity contribution in [3.8, 4) is 11.5 Å². The van der Waals surface area contributed by atoms with Gasteiger partial charge in [-0.15, -0.1) is 0 Å². The summed E-state index contributed by atoms with van der Waals surface area (Å²) in [5.74, 6) is -2.82. The van der Waals surface area contributed by atoms with Crippen molar-refractivity contribution in [2.45, 2.75) is 20.8 Å². The van der Waals surface area contributed by atoms with Crippen molar-refractivity contribution in [1.82, 2.24) is 0 Å². The van der Waals surface area contributed by atoms with Crippen molar-refractivity contribution < 1.29 is 38.2 Å². The Bertz CT molecular complexity index is 1180. The second kappa shape index (κ2) is 9.22. The van der Waals surface area contributed by atoms with E-state index in [4.69, 9.17) is 14.2 Å². The van der Waals surface area contributed by atoms with Gasteiger partial charge < -0.3 is 14.2 Å². The average Bonchev–Trinajstić information content (AvgIpc) is 2.71. The van der Waals surface area contributed by atoms with E-state index in [1.807, 2.05) is 0 Å². The zero-order chi connectivity index (χ0) is 23.4. The highest BCUT2D eigenvalue weighted by Gasteiger charge is 2.32. The molecule has 3 rings (SSSR count). The molecule has 8 heteroatoms. The maximum Gasteiger partial charge on any atom is 0.308 e. The number of hydrogen-bond donors (Lipinski definition) is 0. The van der Waals surface area contributed by atoms with Crippen LogP contribution in [0.25, 0.3) is 11.1 Å². The predicted octanol–water partition coefficient (Wildman–Crippen LogP) is 3.05.